The maximum Gasteiger partial charge on any atom is 0.305 e. The second kappa shape index (κ2) is 10.8. The van der Waals surface area contributed by atoms with Crippen LogP contribution in [0.5, 0.6) is 5.75 Å². The summed E-state index contributed by atoms with van der Waals surface area (Å²) in [6, 6.07) is 13.9. The summed E-state index contributed by atoms with van der Waals surface area (Å²) < 4.78 is 18.0. The smallest absolute Gasteiger partial charge is 0.305 e. The van der Waals surface area contributed by atoms with Gasteiger partial charge in [-0.15, -0.1) is 0 Å². The van der Waals surface area contributed by atoms with Crippen LogP contribution in [0.2, 0.25) is 0 Å². The van der Waals surface area contributed by atoms with Gasteiger partial charge >= 0.3 is 5.97 Å². The molecule has 0 aliphatic rings. The molecule has 170 valence electrons. The van der Waals surface area contributed by atoms with Crippen LogP contribution in [0, 0.1) is 6.92 Å². The zero-order chi connectivity index (χ0) is 23.3. The van der Waals surface area contributed by atoms with Gasteiger partial charge in [0.1, 0.15) is 11.5 Å². The third-order valence-electron chi connectivity index (χ3n) is 5.42. The number of carbonyl (C=O) groups excluding carboxylic acids is 1. The molecular formula is C26H30BrNO4. The highest BCUT2D eigenvalue weighted by atomic mass is 79.9. The van der Waals surface area contributed by atoms with Gasteiger partial charge in [0, 0.05) is 10.9 Å². The van der Waals surface area contributed by atoms with Crippen molar-refractivity contribution in [1.82, 2.24) is 4.98 Å². The molecule has 0 saturated heterocycles. The lowest BCUT2D eigenvalue weighted by atomic mass is 10.0. The molecule has 0 spiro atoms. The van der Waals surface area contributed by atoms with Crippen molar-refractivity contribution in [3.05, 3.63) is 69.5 Å². The number of halogens is 1. The first-order valence-corrected chi connectivity index (χ1v) is 11.6. The number of hydrogen-bond donors (Lipinski definition) is 0. The molecule has 0 saturated carbocycles. The van der Waals surface area contributed by atoms with E-state index < -0.39 is 0 Å². The fraction of sp³-hybridized carbons (Fsp3) is 0.385. The number of rotatable bonds is 9. The van der Waals surface area contributed by atoms with Crippen LogP contribution in [-0.4, -0.2) is 24.7 Å². The minimum absolute atomic E-state index is 0.0374. The number of esters is 1. The van der Waals surface area contributed by atoms with Crippen LogP contribution < -0.4 is 4.74 Å². The average Bonchev–Trinajstić information content (AvgIpc) is 3.22. The van der Waals surface area contributed by atoms with Crippen molar-refractivity contribution < 1.29 is 18.7 Å². The normalized spacial score (nSPS) is 12.1. The summed E-state index contributed by atoms with van der Waals surface area (Å²) in [7, 11) is 1.41. The molecule has 0 N–H and O–H groups in total. The van der Waals surface area contributed by atoms with Gasteiger partial charge in [0.15, 0.2) is 0 Å². The number of ether oxygens (including phenoxy) is 2. The Hall–Kier alpha value is -2.60. The summed E-state index contributed by atoms with van der Waals surface area (Å²) in [4.78, 5) is 16.2. The first kappa shape index (κ1) is 24.1. The van der Waals surface area contributed by atoms with Crippen molar-refractivity contribution in [2.24, 2.45) is 0 Å². The van der Waals surface area contributed by atoms with E-state index in [1.165, 1.54) is 7.11 Å². The van der Waals surface area contributed by atoms with Crippen molar-refractivity contribution in [2.45, 2.75) is 52.4 Å². The Morgan fingerprint density at radius 1 is 1.16 bits per heavy atom. The summed E-state index contributed by atoms with van der Waals surface area (Å²) in [5.41, 5.74) is 4.11. The summed E-state index contributed by atoms with van der Waals surface area (Å²) >= 11 is 3.59. The molecule has 0 aliphatic heterocycles. The van der Waals surface area contributed by atoms with Crippen molar-refractivity contribution in [3.8, 4) is 17.2 Å². The molecule has 1 unspecified atom stereocenters. The molecule has 1 heterocycles. The fourth-order valence-electron chi connectivity index (χ4n) is 3.53. The lowest BCUT2D eigenvalue weighted by Gasteiger charge is -2.14. The van der Waals surface area contributed by atoms with E-state index in [1.54, 1.807) is 0 Å². The maximum atomic E-state index is 11.4. The van der Waals surface area contributed by atoms with Crippen LogP contribution in [0.3, 0.4) is 0 Å². The monoisotopic (exact) mass is 499 g/mol. The Kier molecular flexibility index (Phi) is 8.13. The minimum atomic E-state index is -0.200. The Balaban J connectivity index is 1.72. The van der Waals surface area contributed by atoms with Gasteiger partial charge in [0.05, 0.1) is 30.9 Å². The zero-order valence-corrected chi connectivity index (χ0v) is 20.9. The summed E-state index contributed by atoms with van der Waals surface area (Å²) in [5, 5.41) is 0. The summed E-state index contributed by atoms with van der Waals surface area (Å²) in [6.45, 7) is 8.84. The Bertz CT molecular complexity index is 1070. The van der Waals surface area contributed by atoms with E-state index in [4.69, 9.17) is 18.9 Å². The number of carbonyl (C=O) groups is 1. The molecule has 1 atom stereocenters. The van der Waals surface area contributed by atoms with Crippen molar-refractivity contribution in [3.63, 3.8) is 0 Å². The van der Waals surface area contributed by atoms with Gasteiger partial charge < -0.3 is 13.9 Å². The molecule has 5 nitrogen and oxygen atoms in total. The van der Waals surface area contributed by atoms with Gasteiger partial charge in [-0.2, -0.15) is 0 Å². The highest BCUT2D eigenvalue weighted by molar-refractivity contribution is 9.10. The van der Waals surface area contributed by atoms with Crippen LogP contribution in [0.15, 0.2) is 51.4 Å². The molecule has 3 aromatic rings. The second-order valence-corrected chi connectivity index (χ2v) is 9.13. The molecule has 0 radical (unpaired) electrons. The number of methoxy groups -OCH3 is 1. The van der Waals surface area contributed by atoms with Gasteiger partial charge in [-0.3, -0.25) is 4.79 Å². The molecule has 3 rings (SSSR count). The lowest BCUT2D eigenvalue weighted by molar-refractivity contribution is -0.140. The number of benzene rings is 2. The first-order chi connectivity index (χ1) is 15.3. The quantitative estimate of drug-likeness (QED) is 0.302. The first-order valence-electron chi connectivity index (χ1n) is 10.8. The third kappa shape index (κ3) is 5.80. The number of oxazole rings is 1. The molecule has 1 aromatic heterocycles. The van der Waals surface area contributed by atoms with Gasteiger partial charge in [0.25, 0.3) is 0 Å². The summed E-state index contributed by atoms with van der Waals surface area (Å²) in [5.74, 6) is 2.35. The average molecular weight is 500 g/mol. The number of aromatic nitrogens is 1. The van der Waals surface area contributed by atoms with E-state index in [0.717, 1.165) is 38.4 Å². The van der Waals surface area contributed by atoms with Crippen LogP contribution >= 0.6 is 15.9 Å². The van der Waals surface area contributed by atoms with Crippen LogP contribution in [0.1, 0.15) is 61.6 Å². The van der Waals surface area contributed by atoms with E-state index >= 15 is 0 Å². The topological polar surface area (TPSA) is 61.6 Å². The van der Waals surface area contributed by atoms with Crippen molar-refractivity contribution in [1.29, 1.82) is 0 Å². The highest BCUT2D eigenvalue weighted by Crippen LogP contribution is 2.34. The minimum Gasteiger partial charge on any atom is -0.493 e. The molecule has 6 heteroatoms. The third-order valence-corrected chi connectivity index (χ3v) is 6.11. The molecule has 32 heavy (non-hydrogen) atoms. The Morgan fingerprint density at radius 3 is 2.56 bits per heavy atom. The second-order valence-electron chi connectivity index (χ2n) is 8.28. The predicted molar refractivity (Wildman–Crippen MR) is 129 cm³/mol. The largest absolute Gasteiger partial charge is 0.493 e. The molecule has 2 aromatic carbocycles. The number of nitrogens with zero attached hydrogens (tertiary/aromatic N) is 1. The van der Waals surface area contributed by atoms with Crippen LogP contribution in [-0.2, 0) is 16.0 Å². The van der Waals surface area contributed by atoms with Crippen LogP contribution in [0.4, 0.5) is 0 Å². The van der Waals surface area contributed by atoms with Crippen molar-refractivity contribution >= 4 is 21.9 Å². The molecule has 0 fully saturated rings. The van der Waals surface area contributed by atoms with Gasteiger partial charge in [0.2, 0.25) is 5.89 Å². The molecule has 0 aliphatic carbocycles. The fourth-order valence-corrected chi connectivity index (χ4v) is 3.99. The summed E-state index contributed by atoms with van der Waals surface area (Å²) in [6.07, 6.45) is 1.03. The van der Waals surface area contributed by atoms with E-state index in [0.29, 0.717) is 25.3 Å². The van der Waals surface area contributed by atoms with E-state index in [-0.39, 0.29) is 17.8 Å². The predicted octanol–water partition coefficient (Wildman–Crippen LogP) is 6.82. The SMILES string of the molecule is COC(=O)CCc1ccc(OCC(C)c2oc(-c3ccccc3Br)nc2C(C)C)cc1C. The van der Waals surface area contributed by atoms with Crippen LogP contribution in [0.25, 0.3) is 11.5 Å². The standard InChI is InChI=1S/C26H30BrNO4/c1-16(2)24-25(32-26(28-24)21-8-6-7-9-22(21)27)18(4)15-31-20-12-10-19(17(3)14-20)11-13-23(29)30-5/h6-10,12,14,16,18H,11,13,15H2,1-5H3. The molecule has 0 bridgehead atoms. The number of aryl methyl sites for hydroxylation is 2. The number of hydrogen-bond acceptors (Lipinski definition) is 5. The Morgan fingerprint density at radius 2 is 1.91 bits per heavy atom. The van der Waals surface area contributed by atoms with Gasteiger partial charge in [-0.05, 0) is 70.6 Å². The highest BCUT2D eigenvalue weighted by Gasteiger charge is 2.23. The Labute approximate surface area is 198 Å². The zero-order valence-electron chi connectivity index (χ0n) is 19.3. The van der Waals surface area contributed by atoms with Crippen molar-refractivity contribution in [2.75, 3.05) is 13.7 Å². The van der Waals surface area contributed by atoms with E-state index in [9.17, 15) is 4.79 Å². The molecular weight excluding hydrogens is 470 g/mol. The molecule has 0 amide bonds. The van der Waals surface area contributed by atoms with Gasteiger partial charge in [-0.25, -0.2) is 4.98 Å². The van der Waals surface area contributed by atoms with E-state index in [2.05, 4.69) is 36.7 Å². The van der Waals surface area contributed by atoms with E-state index in [1.807, 2.05) is 49.4 Å². The maximum absolute atomic E-state index is 11.4. The van der Waals surface area contributed by atoms with Gasteiger partial charge in [-0.1, -0.05) is 39.0 Å². The lowest BCUT2D eigenvalue weighted by Crippen LogP contribution is -2.09.